The minimum Gasteiger partial charge on any atom is -0.326 e. The zero-order chi connectivity index (χ0) is 18.9. The standard InChI is InChI=1S/C18H19N3O4S/c1-11-4-3-5-15(12(11)2)20-18(23)10-19-26(24,25)14-6-7-16-13(8-14)9-17(22)21-16/h3-8,19H,9-10H2,1-2H3,(H,20,23)(H,21,22). The van der Waals surface area contributed by atoms with E-state index < -0.39 is 15.9 Å². The Morgan fingerprint density at radius 3 is 2.73 bits per heavy atom. The lowest BCUT2D eigenvalue weighted by Gasteiger charge is -2.11. The van der Waals surface area contributed by atoms with Gasteiger partial charge in [0.05, 0.1) is 17.9 Å². The number of benzene rings is 2. The van der Waals surface area contributed by atoms with Crippen molar-refractivity contribution in [2.45, 2.75) is 25.2 Å². The van der Waals surface area contributed by atoms with Gasteiger partial charge in [-0.25, -0.2) is 13.1 Å². The van der Waals surface area contributed by atoms with Gasteiger partial charge in [-0.1, -0.05) is 12.1 Å². The molecule has 7 nitrogen and oxygen atoms in total. The van der Waals surface area contributed by atoms with Crippen LogP contribution in [-0.4, -0.2) is 26.8 Å². The molecule has 0 radical (unpaired) electrons. The fourth-order valence-electron chi connectivity index (χ4n) is 2.70. The third-order valence-electron chi connectivity index (χ3n) is 4.31. The van der Waals surface area contributed by atoms with Crippen molar-refractivity contribution in [3.05, 3.63) is 53.1 Å². The molecule has 0 saturated heterocycles. The molecule has 3 N–H and O–H groups in total. The van der Waals surface area contributed by atoms with Crippen LogP contribution in [0.5, 0.6) is 0 Å². The van der Waals surface area contributed by atoms with Crippen LogP contribution >= 0.6 is 0 Å². The zero-order valence-electron chi connectivity index (χ0n) is 14.4. The second-order valence-electron chi connectivity index (χ2n) is 6.16. The number of anilines is 2. The summed E-state index contributed by atoms with van der Waals surface area (Å²) in [6, 6.07) is 9.90. The average molecular weight is 373 g/mol. The topological polar surface area (TPSA) is 104 Å². The highest BCUT2D eigenvalue weighted by molar-refractivity contribution is 7.89. The second kappa shape index (κ2) is 6.89. The van der Waals surface area contributed by atoms with Crippen LogP contribution in [-0.2, 0) is 26.0 Å². The Morgan fingerprint density at radius 2 is 1.96 bits per heavy atom. The molecule has 26 heavy (non-hydrogen) atoms. The van der Waals surface area contributed by atoms with Crippen LogP contribution in [0.25, 0.3) is 0 Å². The number of carbonyl (C=O) groups is 2. The van der Waals surface area contributed by atoms with E-state index >= 15 is 0 Å². The molecule has 2 amide bonds. The van der Waals surface area contributed by atoms with Crippen LogP contribution in [0.4, 0.5) is 11.4 Å². The van der Waals surface area contributed by atoms with Gasteiger partial charge in [0.15, 0.2) is 0 Å². The van der Waals surface area contributed by atoms with E-state index in [9.17, 15) is 18.0 Å². The molecule has 0 unspecified atom stereocenters. The Bertz CT molecular complexity index is 999. The van der Waals surface area contributed by atoms with Crippen LogP contribution in [0.1, 0.15) is 16.7 Å². The molecule has 0 aliphatic carbocycles. The molecule has 136 valence electrons. The Labute approximate surface area is 151 Å². The molecular formula is C18H19N3O4S. The quantitative estimate of drug-likeness (QED) is 0.742. The van der Waals surface area contributed by atoms with E-state index in [1.807, 2.05) is 26.0 Å². The predicted octanol–water partition coefficient (Wildman–Crippen LogP) is 1.72. The number of sulfonamides is 1. The minimum atomic E-state index is -3.85. The Balaban J connectivity index is 1.67. The molecule has 8 heteroatoms. The summed E-state index contributed by atoms with van der Waals surface area (Å²) < 4.78 is 27.1. The van der Waals surface area contributed by atoms with Crippen molar-refractivity contribution in [3.8, 4) is 0 Å². The smallest absolute Gasteiger partial charge is 0.241 e. The van der Waals surface area contributed by atoms with Crippen molar-refractivity contribution in [3.63, 3.8) is 0 Å². The first-order valence-electron chi connectivity index (χ1n) is 8.05. The first-order chi connectivity index (χ1) is 12.3. The summed E-state index contributed by atoms with van der Waals surface area (Å²) in [7, 11) is -3.85. The van der Waals surface area contributed by atoms with E-state index in [0.717, 1.165) is 11.1 Å². The Hall–Kier alpha value is -2.71. The molecule has 0 atom stereocenters. The number of rotatable bonds is 5. The summed E-state index contributed by atoms with van der Waals surface area (Å²) in [5.74, 6) is -0.629. The molecule has 1 aliphatic heterocycles. The first kappa shape index (κ1) is 18.1. The maximum Gasteiger partial charge on any atom is 0.241 e. The Morgan fingerprint density at radius 1 is 1.19 bits per heavy atom. The van der Waals surface area contributed by atoms with Crippen LogP contribution in [0.15, 0.2) is 41.3 Å². The molecule has 0 bridgehead atoms. The van der Waals surface area contributed by atoms with Gasteiger partial charge < -0.3 is 10.6 Å². The summed E-state index contributed by atoms with van der Waals surface area (Å²) in [6.45, 7) is 3.43. The van der Waals surface area contributed by atoms with Gasteiger partial charge in [-0.2, -0.15) is 0 Å². The monoisotopic (exact) mass is 373 g/mol. The highest BCUT2D eigenvalue weighted by Gasteiger charge is 2.22. The molecule has 1 aliphatic rings. The first-order valence-corrected chi connectivity index (χ1v) is 9.53. The number of nitrogens with one attached hydrogen (secondary N) is 3. The molecule has 1 heterocycles. The van der Waals surface area contributed by atoms with Crippen molar-refractivity contribution < 1.29 is 18.0 Å². The van der Waals surface area contributed by atoms with Crippen LogP contribution in [0.3, 0.4) is 0 Å². The number of carbonyl (C=O) groups excluding carboxylic acids is 2. The van der Waals surface area contributed by atoms with Gasteiger partial charge in [0.2, 0.25) is 21.8 Å². The lowest BCUT2D eigenvalue weighted by atomic mass is 10.1. The van der Waals surface area contributed by atoms with Gasteiger partial charge in [0.25, 0.3) is 0 Å². The number of amides is 2. The van der Waals surface area contributed by atoms with Gasteiger partial charge in [0.1, 0.15) is 0 Å². The van der Waals surface area contributed by atoms with E-state index in [1.54, 1.807) is 12.1 Å². The summed E-state index contributed by atoms with van der Waals surface area (Å²) in [4.78, 5) is 23.5. The van der Waals surface area contributed by atoms with Crippen molar-refractivity contribution in [1.29, 1.82) is 0 Å². The van der Waals surface area contributed by atoms with E-state index in [1.165, 1.54) is 12.1 Å². The van der Waals surface area contributed by atoms with E-state index in [0.29, 0.717) is 16.9 Å². The van der Waals surface area contributed by atoms with Crippen molar-refractivity contribution in [1.82, 2.24) is 4.72 Å². The molecule has 3 rings (SSSR count). The Kier molecular flexibility index (Phi) is 4.80. The maximum absolute atomic E-state index is 12.4. The van der Waals surface area contributed by atoms with Crippen LogP contribution in [0.2, 0.25) is 0 Å². The fraction of sp³-hybridized carbons (Fsp3) is 0.222. The number of hydrogen-bond acceptors (Lipinski definition) is 4. The van der Waals surface area contributed by atoms with Crippen molar-refractivity contribution >= 4 is 33.2 Å². The maximum atomic E-state index is 12.4. The average Bonchev–Trinajstić information content (AvgIpc) is 2.96. The van der Waals surface area contributed by atoms with Gasteiger partial charge in [-0.15, -0.1) is 0 Å². The predicted molar refractivity (Wildman–Crippen MR) is 98.5 cm³/mol. The van der Waals surface area contributed by atoms with Crippen LogP contribution in [0, 0.1) is 13.8 Å². The lowest BCUT2D eigenvalue weighted by Crippen LogP contribution is -2.33. The lowest BCUT2D eigenvalue weighted by molar-refractivity contribution is -0.115. The van der Waals surface area contributed by atoms with E-state index in [-0.39, 0.29) is 23.8 Å². The third kappa shape index (κ3) is 3.76. The number of hydrogen-bond donors (Lipinski definition) is 3. The minimum absolute atomic E-state index is 0.0206. The van der Waals surface area contributed by atoms with Gasteiger partial charge in [-0.3, -0.25) is 9.59 Å². The SMILES string of the molecule is Cc1cccc(NC(=O)CNS(=O)(=O)c2ccc3c(c2)CC(=O)N3)c1C. The highest BCUT2D eigenvalue weighted by Crippen LogP contribution is 2.25. The molecule has 0 saturated carbocycles. The van der Waals surface area contributed by atoms with Gasteiger partial charge in [-0.05, 0) is 54.8 Å². The third-order valence-corrected chi connectivity index (χ3v) is 5.71. The van der Waals surface area contributed by atoms with E-state index in [4.69, 9.17) is 0 Å². The summed E-state index contributed by atoms with van der Waals surface area (Å²) in [5.41, 5.74) is 3.85. The highest BCUT2D eigenvalue weighted by atomic mass is 32.2. The van der Waals surface area contributed by atoms with E-state index in [2.05, 4.69) is 15.4 Å². The molecule has 0 spiro atoms. The molecule has 2 aromatic rings. The summed E-state index contributed by atoms with van der Waals surface area (Å²) >= 11 is 0. The van der Waals surface area contributed by atoms with Crippen molar-refractivity contribution in [2.24, 2.45) is 0 Å². The molecular weight excluding hydrogens is 354 g/mol. The van der Waals surface area contributed by atoms with Crippen LogP contribution < -0.4 is 15.4 Å². The number of fused-ring (bicyclic) bond motifs is 1. The molecule has 0 fully saturated rings. The normalized spacial score (nSPS) is 13.2. The summed E-state index contributed by atoms with van der Waals surface area (Å²) in [6.07, 6.45) is 0.145. The fourth-order valence-corrected chi connectivity index (χ4v) is 3.73. The number of aryl methyl sites for hydroxylation is 1. The summed E-state index contributed by atoms with van der Waals surface area (Å²) in [5, 5.41) is 5.35. The zero-order valence-corrected chi connectivity index (χ0v) is 15.2. The van der Waals surface area contributed by atoms with Crippen molar-refractivity contribution in [2.75, 3.05) is 17.2 Å². The van der Waals surface area contributed by atoms with Gasteiger partial charge in [0, 0.05) is 11.4 Å². The molecule has 2 aromatic carbocycles. The largest absolute Gasteiger partial charge is 0.326 e. The van der Waals surface area contributed by atoms with Gasteiger partial charge >= 0.3 is 0 Å². The molecule has 0 aromatic heterocycles. The second-order valence-corrected chi connectivity index (χ2v) is 7.93.